The number of thiol groups is 1. The van der Waals surface area contributed by atoms with E-state index >= 15 is 0 Å². The molecular weight excluding hydrogens is 110 g/mol. The number of carbonyl (C=O) groups is 1. The molecule has 7 heavy (non-hydrogen) atoms. The summed E-state index contributed by atoms with van der Waals surface area (Å²) in [5, 5.41) is -0.264. The molecule has 0 saturated carbocycles. The minimum Gasteiger partial charge on any atom is -0.369 e. The van der Waals surface area contributed by atoms with Crippen molar-refractivity contribution in [2.45, 2.75) is 18.6 Å². The highest BCUT2D eigenvalue weighted by Crippen LogP contribution is 1.96. The van der Waals surface area contributed by atoms with E-state index in [4.69, 9.17) is 5.73 Å². The lowest BCUT2D eigenvalue weighted by molar-refractivity contribution is -0.117. The lowest BCUT2D eigenvalue weighted by Gasteiger charge is -1.97. The Hall–Kier alpha value is -0.180. The third-order valence-corrected chi connectivity index (χ3v) is 1.33. The first kappa shape index (κ1) is 6.82. The Kier molecular flexibility index (Phi) is 2.83. The van der Waals surface area contributed by atoms with Gasteiger partial charge < -0.3 is 5.73 Å². The van der Waals surface area contributed by atoms with Gasteiger partial charge in [0.1, 0.15) is 0 Å². The summed E-state index contributed by atoms with van der Waals surface area (Å²) in [6.45, 7) is 1.86. The Morgan fingerprint density at radius 2 is 2.43 bits per heavy atom. The highest BCUT2D eigenvalue weighted by Gasteiger charge is 2.03. The maximum atomic E-state index is 10.1. The first-order chi connectivity index (χ1) is 3.18. The van der Waals surface area contributed by atoms with Crippen molar-refractivity contribution in [3.8, 4) is 0 Å². The maximum Gasteiger partial charge on any atom is 0.230 e. The van der Waals surface area contributed by atoms with Gasteiger partial charge in [-0.3, -0.25) is 4.79 Å². The van der Waals surface area contributed by atoms with Crippen LogP contribution in [0.15, 0.2) is 0 Å². The van der Waals surface area contributed by atoms with Crippen LogP contribution < -0.4 is 5.73 Å². The minimum absolute atomic E-state index is 0.264. The molecule has 0 aliphatic carbocycles. The van der Waals surface area contributed by atoms with Crippen LogP contribution in [0, 0.1) is 0 Å². The fraction of sp³-hybridized carbons (Fsp3) is 0.750. The summed E-state index contributed by atoms with van der Waals surface area (Å²) in [5.41, 5.74) is 4.83. The van der Waals surface area contributed by atoms with E-state index in [-0.39, 0.29) is 11.2 Å². The lowest BCUT2D eigenvalue weighted by atomic mass is 10.3. The molecule has 42 valence electrons. The van der Waals surface area contributed by atoms with Gasteiger partial charge in [0.2, 0.25) is 5.91 Å². The summed E-state index contributed by atoms with van der Waals surface area (Å²) in [6, 6.07) is 0. The first-order valence-electron chi connectivity index (χ1n) is 2.16. The van der Waals surface area contributed by atoms with E-state index < -0.39 is 0 Å². The molecule has 0 aliphatic rings. The van der Waals surface area contributed by atoms with Crippen molar-refractivity contribution in [2.75, 3.05) is 0 Å². The molecule has 0 spiro atoms. The highest BCUT2D eigenvalue weighted by atomic mass is 32.1. The summed E-state index contributed by atoms with van der Waals surface area (Å²) in [6.07, 6.45) is 0.707. The second-order valence-electron chi connectivity index (χ2n) is 1.33. The third-order valence-electron chi connectivity index (χ3n) is 0.715. The van der Waals surface area contributed by atoms with E-state index in [1.807, 2.05) is 6.92 Å². The van der Waals surface area contributed by atoms with E-state index in [1.165, 1.54) is 0 Å². The fourth-order valence-corrected chi connectivity index (χ4v) is 0.201. The largest absolute Gasteiger partial charge is 0.369 e. The molecule has 0 aromatic heterocycles. The molecule has 0 saturated heterocycles. The molecule has 0 heterocycles. The monoisotopic (exact) mass is 119 g/mol. The summed E-state index contributed by atoms with van der Waals surface area (Å²) in [5.74, 6) is -0.342. The van der Waals surface area contributed by atoms with E-state index in [9.17, 15) is 4.79 Å². The van der Waals surface area contributed by atoms with Gasteiger partial charge in [-0.25, -0.2) is 0 Å². The molecule has 0 unspecified atom stereocenters. The maximum absolute atomic E-state index is 10.1. The molecule has 0 aromatic carbocycles. The van der Waals surface area contributed by atoms with Gasteiger partial charge in [-0.2, -0.15) is 12.6 Å². The summed E-state index contributed by atoms with van der Waals surface area (Å²) in [7, 11) is 0. The number of carbonyl (C=O) groups excluding carboxylic acids is 1. The SMILES string of the molecule is CC[C@H](S)C(N)=O. The van der Waals surface area contributed by atoms with Gasteiger partial charge in [-0.15, -0.1) is 0 Å². The van der Waals surface area contributed by atoms with Gasteiger partial charge in [0.25, 0.3) is 0 Å². The average Bonchev–Trinajstić information content (AvgIpc) is 1.65. The summed E-state index contributed by atoms with van der Waals surface area (Å²) < 4.78 is 0. The second-order valence-corrected chi connectivity index (χ2v) is 1.95. The molecule has 0 aliphatic heterocycles. The molecule has 0 fully saturated rings. The minimum atomic E-state index is -0.342. The van der Waals surface area contributed by atoms with Crippen LogP contribution in [-0.2, 0) is 4.79 Å². The normalized spacial score (nSPS) is 13.4. The Balaban J connectivity index is 3.34. The molecule has 1 atom stereocenters. The van der Waals surface area contributed by atoms with E-state index in [1.54, 1.807) is 0 Å². The summed E-state index contributed by atoms with van der Waals surface area (Å²) >= 11 is 3.85. The topological polar surface area (TPSA) is 43.1 Å². The Labute approximate surface area is 48.5 Å². The quantitative estimate of drug-likeness (QED) is 0.500. The van der Waals surface area contributed by atoms with E-state index in [0.717, 1.165) is 0 Å². The first-order valence-corrected chi connectivity index (χ1v) is 2.67. The zero-order valence-electron chi connectivity index (χ0n) is 4.22. The van der Waals surface area contributed by atoms with Crippen LogP contribution in [-0.4, -0.2) is 11.2 Å². The standard InChI is InChI=1S/C4H9NOS/c1-2-3(7)4(5)6/h3,7H,2H2,1H3,(H2,5,6)/t3-/m0/s1. The fourth-order valence-electron chi connectivity index (χ4n) is 0.201. The molecule has 0 bridgehead atoms. The number of amides is 1. The van der Waals surface area contributed by atoms with Gasteiger partial charge in [0, 0.05) is 0 Å². The molecule has 2 N–H and O–H groups in total. The second kappa shape index (κ2) is 2.91. The average molecular weight is 119 g/mol. The molecule has 1 amide bonds. The van der Waals surface area contributed by atoms with Gasteiger partial charge in [0.05, 0.1) is 5.25 Å². The van der Waals surface area contributed by atoms with Gasteiger partial charge in [0.15, 0.2) is 0 Å². The van der Waals surface area contributed by atoms with Crippen LogP contribution >= 0.6 is 12.6 Å². The van der Waals surface area contributed by atoms with Crippen molar-refractivity contribution in [3.05, 3.63) is 0 Å². The van der Waals surface area contributed by atoms with Crippen LogP contribution in [0.25, 0.3) is 0 Å². The van der Waals surface area contributed by atoms with Gasteiger partial charge in [-0.1, -0.05) is 6.92 Å². The van der Waals surface area contributed by atoms with Crippen molar-refractivity contribution in [2.24, 2.45) is 5.73 Å². The van der Waals surface area contributed by atoms with Crippen LogP contribution in [0.2, 0.25) is 0 Å². The van der Waals surface area contributed by atoms with Crippen LogP contribution in [0.4, 0.5) is 0 Å². The number of hydrogen-bond donors (Lipinski definition) is 2. The van der Waals surface area contributed by atoms with E-state index in [2.05, 4.69) is 12.6 Å². The molecule has 0 radical (unpaired) electrons. The van der Waals surface area contributed by atoms with Crippen molar-refractivity contribution in [1.82, 2.24) is 0 Å². The Morgan fingerprint density at radius 1 is 2.00 bits per heavy atom. The third kappa shape index (κ3) is 2.51. The van der Waals surface area contributed by atoms with Crippen LogP contribution in [0.1, 0.15) is 13.3 Å². The molecule has 0 aromatic rings. The molecular formula is C4H9NOS. The van der Waals surface area contributed by atoms with Crippen LogP contribution in [0.5, 0.6) is 0 Å². The predicted octanol–water partition coefficient (Wildman–Crippen LogP) is 0.180. The van der Waals surface area contributed by atoms with Crippen molar-refractivity contribution >= 4 is 18.5 Å². The van der Waals surface area contributed by atoms with E-state index in [0.29, 0.717) is 6.42 Å². The Morgan fingerprint density at radius 3 is 2.43 bits per heavy atom. The van der Waals surface area contributed by atoms with Gasteiger partial charge >= 0.3 is 0 Å². The van der Waals surface area contributed by atoms with Crippen molar-refractivity contribution in [3.63, 3.8) is 0 Å². The molecule has 3 heteroatoms. The Bertz CT molecular complexity index is 74.1. The van der Waals surface area contributed by atoms with Crippen LogP contribution in [0.3, 0.4) is 0 Å². The number of nitrogens with two attached hydrogens (primary N) is 1. The summed E-state index contributed by atoms with van der Waals surface area (Å²) in [4.78, 5) is 10.1. The zero-order valence-corrected chi connectivity index (χ0v) is 5.11. The molecule has 0 rings (SSSR count). The smallest absolute Gasteiger partial charge is 0.230 e. The lowest BCUT2D eigenvalue weighted by Crippen LogP contribution is -2.22. The molecule has 2 nitrogen and oxygen atoms in total. The number of rotatable bonds is 2. The van der Waals surface area contributed by atoms with Crippen molar-refractivity contribution < 1.29 is 4.79 Å². The van der Waals surface area contributed by atoms with Crippen molar-refractivity contribution in [1.29, 1.82) is 0 Å². The number of primary amides is 1. The predicted molar refractivity (Wildman–Crippen MR) is 32.3 cm³/mol. The van der Waals surface area contributed by atoms with Gasteiger partial charge in [-0.05, 0) is 6.42 Å². The zero-order chi connectivity index (χ0) is 5.86. The highest BCUT2D eigenvalue weighted by molar-refractivity contribution is 7.81. The number of hydrogen-bond acceptors (Lipinski definition) is 2.